The third-order valence-electron chi connectivity index (χ3n) is 4.20. The van der Waals surface area contributed by atoms with Gasteiger partial charge in [0.1, 0.15) is 16.8 Å². The van der Waals surface area contributed by atoms with Gasteiger partial charge in [0.15, 0.2) is 0 Å². The van der Waals surface area contributed by atoms with E-state index in [2.05, 4.69) is 16.4 Å². The topological polar surface area (TPSA) is 207 Å². The number of nitriles is 1. The van der Waals surface area contributed by atoms with E-state index in [1.165, 1.54) is 0 Å². The van der Waals surface area contributed by atoms with Gasteiger partial charge in [-0.1, -0.05) is 13.8 Å². The number of carboxylic acid groups (broad SMARTS) is 2. The molecule has 0 aliphatic rings. The average molecular weight is 593 g/mol. The molecule has 1 radical (unpaired) electrons. The number of thiazole rings is 1. The number of carboxylic acids is 2. The van der Waals surface area contributed by atoms with Gasteiger partial charge in [-0.25, -0.2) is 9.78 Å². The van der Waals surface area contributed by atoms with E-state index in [4.69, 9.17) is 16.2 Å². The number of amides is 2. The first-order chi connectivity index (χ1) is 16.0. The van der Waals surface area contributed by atoms with Crippen LogP contribution in [0.1, 0.15) is 47.6 Å². The Labute approximate surface area is 240 Å². The van der Waals surface area contributed by atoms with Crippen molar-refractivity contribution in [3.05, 3.63) is 41.8 Å². The van der Waals surface area contributed by atoms with Crippen LogP contribution in [0, 0.1) is 31.6 Å². The fraction of sp³-hybridized carbons (Fsp3) is 0.391. The zero-order valence-electron chi connectivity index (χ0n) is 20.7. The number of aliphatic carboxylic acids is 1. The van der Waals surface area contributed by atoms with E-state index in [9.17, 15) is 29.9 Å². The van der Waals surface area contributed by atoms with Crippen molar-refractivity contribution in [2.75, 3.05) is 13.2 Å². The van der Waals surface area contributed by atoms with E-state index < -0.39 is 24.0 Å². The molecule has 0 spiro atoms. The number of hydrogen-bond acceptors (Lipinski definition) is 10. The van der Waals surface area contributed by atoms with Crippen molar-refractivity contribution in [1.82, 2.24) is 10.3 Å². The molecule has 0 bridgehead atoms. The maximum atomic E-state index is 11.0. The number of nitrogens with two attached hydrogens (primary N) is 2. The molecule has 36 heavy (non-hydrogen) atoms. The number of benzene rings is 1. The van der Waals surface area contributed by atoms with Gasteiger partial charge in [0.2, 0.25) is 0 Å². The van der Waals surface area contributed by atoms with Crippen LogP contribution in [0.3, 0.4) is 0 Å². The molecule has 2 amide bonds. The normalized spacial score (nSPS) is 10.4. The molecule has 1 aromatic carbocycles. The van der Waals surface area contributed by atoms with Crippen molar-refractivity contribution in [3.8, 4) is 22.4 Å². The van der Waals surface area contributed by atoms with Crippen LogP contribution in [-0.2, 0) is 37.5 Å². The molecule has 1 aromatic heterocycles. The van der Waals surface area contributed by atoms with E-state index in [1.807, 2.05) is 13.8 Å². The van der Waals surface area contributed by atoms with Crippen LogP contribution in [0.4, 0.5) is 4.79 Å². The van der Waals surface area contributed by atoms with Crippen LogP contribution in [0.5, 0.6) is 5.75 Å². The number of carbonyl (C=O) groups is 3. The largest absolute Gasteiger partial charge is 0.548 e. The molecule has 2 rings (SSSR count). The van der Waals surface area contributed by atoms with E-state index in [0.717, 1.165) is 11.3 Å². The molecule has 1 heterocycles. The van der Waals surface area contributed by atoms with Crippen LogP contribution in [0.25, 0.3) is 10.6 Å². The van der Waals surface area contributed by atoms with Crippen LogP contribution < -0.4 is 31.7 Å². The Hall–Kier alpha value is -2.59. The number of hydrogen-bond donors (Lipinski definition) is 3. The zero-order valence-corrected chi connectivity index (χ0v) is 24.4. The van der Waals surface area contributed by atoms with E-state index in [0.29, 0.717) is 53.1 Å². The zero-order chi connectivity index (χ0) is 25.8. The minimum atomic E-state index is -1.28. The summed E-state index contributed by atoms with van der Waals surface area (Å²) in [6.07, 6.45) is 0.737. The predicted octanol–water partition coefficient (Wildman–Crippen LogP) is 0.348. The summed E-state index contributed by atoms with van der Waals surface area (Å²) in [6.45, 7) is 6.53. The van der Waals surface area contributed by atoms with Gasteiger partial charge in [0.05, 0.1) is 34.7 Å². The van der Waals surface area contributed by atoms with E-state index in [-0.39, 0.29) is 51.4 Å². The van der Waals surface area contributed by atoms with Gasteiger partial charge >= 0.3 is 6.03 Å². The molecule has 0 aliphatic heterocycles. The molecule has 1 atom stereocenters. The third kappa shape index (κ3) is 12.4. The number of aromatic carboxylic acids is 1. The number of nitrogens with zero attached hydrogens (tertiary/aromatic N) is 2. The molecule has 195 valence electrons. The Bertz CT molecular complexity index is 1050. The maximum absolute atomic E-state index is 11.0. The first-order valence-corrected chi connectivity index (χ1v) is 11.1. The standard InChI is InChI=1S/C16H16N2O3S.C6H13N3O3.CH3.Y/c1-9(2)8-21-13-5-4-11(6-12(13)7-17)15-18-10(3)14(22-15)16(19)20;7-4(5(10)11)2-1-3-9-6(8)12;;/h4-6,9H,8H2,1-3H3,(H,19,20);4H,1-3,7H2,(H,10,11)(H3,8,9,12);1H3;/q;;-1;/p-2. The van der Waals surface area contributed by atoms with Gasteiger partial charge in [-0.15, -0.1) is 11.3 Å². The molecule has 11 nitrogen and oxygen atoms in total. The minimum absolute atomic E-state index is 0. The number of primary amides is 1. The Kier molecular flexibility index (Phi) is 17.6. The Morgan fingerprint density at radius 3 is 2.39 bits per heavy atom. The summed E-state index contributed by atoms with van der Waals surface area (Å²) >= 11 is 1.04. The molecular weight excluding hydrogens is 563 g/mol. The summed E-state index contributed by atoms with van der Waals surface area (Å²) in [5.41, 5.74) is 11.4. The molecule has 0 aliphatic carbocycles. The molecule has 0 fully saturated rings. The number of carbonyl (C=O) groups excluding carboxylic acids is 3. The fourth-order valence-electron chi connectivity index (χ4n) is 2.49. The van der Waals surface area contributed by atoms with E-state index >= 15 is 0 Å². The predicted molar refractivity (Wildman–Crippen MR) is 128 cm³/mol. The Morgan fingerprint density at radius 1 is 1.28 bits per heavy atom. The third-order valence-corrected chi connectivity index (χ3v) is 5.38. The molecule has 13 heteroatoms. The van der Waals surface area contributed by atoms with Gasteiger partial charge in [0.25, 0.3) is 0 Å². The molecule has 2 aromatic rings. The Morgan fingerprint density at radius 2 is 1.92 bits per heavy atom. The number of rotatable bonds is 10. The first-order valence-electron chi connectivity index (χ1n) is 10.3. The van der Waals surface area contributed by atoms with Gasteiger partial charge in [0, 0.05) is 50.9 Å². The average Bonchev–Trinajstić information content (AvgIpc) is 3.17. The number of urea groups is 1. The van der Waals surface area contributed by atoms with Crippen LogP contribution in [0.2, 0.25) is 0 Å². The second-order valence-corrected chi connectivity index (χ2v) is 8.61. The molecular formula is C23H30N5O6SY-3. The van der Waals surface area contributed by atoms with Crippen LogP contribution >= 0.6 is 11.3 Å². The maximum Gasteiger partial charge on any atom is 0.312 e. The molecule has 0 saturated heterocycles. The second-order valence-electron chi connectivity index (χ2n) is 7.61. The van der Waals surface area contributed by atoms with Crippen LogP contribution in [-0.4, -0.2) is 42.1 Å². The summed E-state index contributed by atoms with van der Waals surface area (Å²) in [5.74, 6) is -1.64. The van der Waals surface area contributed by atoms with Crippen molar-refractivity contribution in [3.63, 3.8) is 0 Å². The van der Waals surface area contributed by atoms with E-state index in [1.54, 1.807) is 25.1 Å². The number of nitrogens with one attached hydrogen (secondary N) is 1. The number of aryl methyl sites for hydroxylation is 1. The quantitative estimate of drug-likeness (QED) is 0.256. The summed E-state index contributed by atoms with van der Waals surface area (Å²) < 4.78 is 5.60. The first kappa shape index (κ1) is 35.6. The summed E-state index contributed by atoms with van der Waals surface area (Å²) in [7, 11) is 0. The molecule has 0 saturated carbocycles. The van der Waals surface area contributed by atoms with Crippen molar-refractivity contribution < 1.29 is 62.0 Å². The van der Waals surface area contributed by atoms with Crippen molar-refractivity contribution >= 4 is 29.3 Å². The molecule has 1 unspecified atom stereocenters. The van der Waals surface area contributed by atoms with Gasteiger partial charge in [-0.05, 0) is 43.9 Å². The summed E-state index contributed by atoms with van der Waals surface area (Å²) in [4.78, 5) is 35.5. The number of aromatic nitrogens is 1. The second kappa shape index (κ2) is 17.8. The van der Waals surface area contributed by atoms with Crippen LogP contribution in [0.15, 0.2) is 18.2 Å². The Balaban J connectivity index is 0. The van der Waals surface area contributed by atoms with Crippen molar-refractivity contribution in [2.45, 2.75) is 39.7 Å². The van der Waals surface area contributed by atoms with Crippen molar-refractivity contribution in [2.24, 2.45) is 17.4 Å². The summed E-state index contributed by atoms with van der Waals surface area (Å²) in [5, 5.41) is 33.2. The fourth-order valence-corrected chi connectivity index (χ4v) is 3.39. The summed E-state index contributed by atoms with van der Waals surface area (Å²) in [6, 6.07) is 5.64. The van der Waals surface area contributed by atoms with Crippen molar-refractivity contribution in [1.29, 1.82) is 5.26 Å². The van der Waals surface area contributed by atoms with Gasteiger partial charge in [-0.2, -0.15) is 5.26 Å². The smallest absolute Gasteiger partial charge is 0.312 e. The van der Waals surface area contributed by atoms with Gasteiger partial charge in [-0.3, -0.25) is 0 Å². The SMILES string of the molecule is Cc1nc(-c2ccc(OCC(C)C)c(C#N)c2)sc1C(=O)[O-].NC(=O)NCCCC(N)C(=O)[O-].[CH3-].[Y]. The monoisotopic (exact) mass is 593 g/mol. The van der Waals surface area contributed by atoms with Gasteiger partial charge < -0.3 is 48.7 Å². The minimum Gasteiger partial charge on any atom is -0.548 e. The molecule has 5 N–H and O–H groups in total. The number of ether oxygens (including phenoxy) is 1.